The molecule has 0 saturated carbocycles. The highest BCUT2D eigenvalue weighted by atomic mass is 16.5. The van der Waals surface area contributed by atoms with Crippen LogP contribution in [0.2, 0.25) is 0 Å². The van der Waals surface area contributed by atoms with E-state index in [1.807, 2.05) is 20.8 Å². The molecule has 0 aromatic carbocycles. The molecule has 150 valence electrons. The van der Waals surface area contributed by atoms with Gasteiger partial charge < -0.3 is 14.2 Å². The van der Waals surface area contributed by atoms with E-state index in [9.17, 15) is 14.4 Å². The van der Waals surface area contributed by atoms with E-state index < -0.39 is 17.1 Å². The second-order valence-corrected chi connectivity index (χ2v) is 9.52. The van der Waals surface area contributed by atoms with E-state index in [0.717, 1.165) is 0 Å². The van der Waals surface area contributed by atoms with Gasteiger partial charge in [-0.05, 0) is 0 Å². The molecule has 0 unspecified atom stereocenters. The first-order chi connectivity index (χ1) is 12.6. The van der Waals surface area contributed by atoms with Crippen molar-refractivity contribution in [3.8, 4) is 0 Å². The molecule has 1 aromatic heterocycles. The predicted octanol–water partition coefficient (Wildman–Crippen LogP) is -0.719. The number of hydrogen-bond acceptors (Lipinski definition) is 6. The van der Waals surface area contributed by atoms with Crippen LogP contribution in [0.15, 0.2) is 14.4 Å². The van der Waals surface area contributed by atoms with Crippen molar-refractivity contribution in [3.05, 3.63) is 31.5 Å². The SMILES string of the molecule is CC1(Cn2c(=O)n(CC3(C)COC3)c(=O)n(CC3(C)COC3)c2=O)COC1. The van der Waals surface area contributed by atoms with E-state index in [2.05, 4.69) is 0 Å². The highest BCUT2D eigenvalue weighted by Gasteiger charge is 2.39. The standard InChI is InChI=1S/C18H27N3O6/c1-16(7-25-8-16)4-19-13(22)20(5-17(2)9-26-10-17)15(24)21(14(19)23)6-18(3)11-27-12-18/h4-12H2,1-3H3. The van der Waals surface area contributed by atoms with Crippen LogP contribution < -0.4 is 17.1 Å². The van der Waals surface area contributed by atoms with Crippen molar-refractivity contribution in [2.45, 2.75) is 40.4 Å². The van der Waals surface area contributed by atoms with Gasteiger partial charge in [0.25, 0.3) is 0 Å². The van der Waals surface area contributed by atoms with Crippen molar-refractivity contribution in [2.75, 3.05) is 39.6 Å². The molecule has 9 heteroatoms. The Hall–Kier alpha value is -1.71. The molecule has 3 aliphatic heterocycles. The molecule has 0 bridgehead atoms. The molecule has 4 rings (SSSR count). The van der Waals surface area contributed by atoms with Crippen molar-refractivity contribution >= 4 is 0 Å². The molecule has 9 nitrogen and oxygen atoms in total. The number of aromatic nitrogens is 3. The van der Waals surface area contributed by atoms with Gasteiger partial charge in [-0.25, -0.2) is 28.1 Å². The molecule has 0 aliphatic carbocycles. The molecule has 0 N–H and O–H groups in total. The van der Waals surface area contributed by atoms with Crippen molar-refractivity contribution < 1.29 is 14.2 Å². The first kappa shape index (κ1) is 18.6. The zero-order valence-electron chi connectivity index (χ0n) is 16.2. The fourth-order valence-electron chi connectivity index (χ4n) is 3.86. The van der Waals surface area contributed by atoms with E-state index in [0.29, 0.717) is 39.6 Å². The first-order valence-electron chi connectivity index (χ1n) is 9.32. The van der Waals surface area contributed by atoms with E-state index in [-0.39, 0.29) is 35.9 Å². The van der Waals surface area contributed by atoms with Crippen LogP contribution in [0.25, 0.3) is 0 Å². The lowest BCUT2D eigenvalue weighted by Gasteiger charge is -2.40. The Labute approximate surface area is 156 Å². The highest BCUT2D eigenvalue weighted by Crippen LogP contribution is 2.29. The lowest BCUT2D eigenvalue weighted by atomic mass is 9.88. The van der Waals surface area contributed by atoms with Crippen LogP contribution in [0.5, 0.6) is 0 Å². The summed E-state index contributed by atoms with van der Waals surface area (Å²) in [6.45, 7) is 9.62. The van der Waals surface area contributed by atoms with Crippen LogP contribution in [0.3, 0.4) is 0 Å². The van der Waals surface area contributed by atoms with E-state index in [4.69, 9.17) is 14.2 Å². The number of ether oxygens (including phenoxy) is 3. The Morgan fingerprint density at radius 1 is 0.593 bits per heavy atom. The Kier molecular flexibility index (Phi) is 4.25. The fraction of sp³-hybridized carbons (Fsp3) is 0.833. The Balaban J connectivity index is 1.80. The average Bonchev–Trinajstić information content (AvgIpc) is 2.54. The van der Waals surface area contributed by atoms with Crippen LogP contribution >= 0.6 is 0 Å². The smallest absolute Gasteiger partial charge is 0.336 e. The van der Waals surface area contributed by atoms with Crippen LogP contribution in [-0.4, -0.2) is 53.3 Å². The van der Waals surface area contributed by atoms with Crippen LogP contribution in [0.4, 0.5) is 0 Å². The average molecular weight is 381 g/mol. The van der Waals surface area contributed by atoms with Gasteiger partial charge in [0.1, 0.15) is 0 Å². The third-order valence-corrected chi connectivity index (χ3v) is 5.71. The summed E-state index contributed by atoms with van der Waals surface area (Å²) in [7, 11) is 0. The van der Waals surface area contributed by atoms with Gasteiger partial charge in [0.05, 0.1) is 39.6 Å². The third-order valence-electron chi connectivity index (χ3n) is 5.71. The molecule has 1 aromatic rings. The summed E-state index contributed by atoms with van der Waals surface area (Å²) >= 11 is 0. The molecule has 3 saturated heterocycles. The minimum atomic E-state index is -0.544. The van der Waals surface area contributed by atoms with Gasteiger partial charge in [-0.1, -0.05) is 20.8 Å². The molecular formula is C18H27N3O6. The minimum absolute atomic E-state index is 0.241. The van der Waals surface area contributed by atoms with E-state index in [1.54, 1.807) is 0 Å². The summed E-state index contributed by atoms with van der Waals surface area (Å²) < 4.78 is 19.4. The predicted molar refractivity (Wildman–Crippen MR) is 96.0 cm³/mol. The summed E-state index contributed by atoms with van der Waals surface area (Å²) in [5.41, 5.74) is -2.44. The van der Waals surface area contributed by atoms with Crippen molar-refractivity contribution in [1.82, 2.24) is 13.7 Å². The largest absolute Gasteiger partial charge is 0.380 e. The maximum atomic E-state index is 13.1. The molecule has 3 fully saturated rings. The van der Waals surface area contributed by atoms with Gasteiger partial charge >= 0.3 is 17.1 Å². The lowest BCUT2D eigenvalue weighted by Crippen LogP contribution is -2.61. The molecule has 27 heavy (non-hydrogen) atoms. The van der Waals surface area contributed by atoms with E-state index in [1.165, 1.54) is 13.7 Å². The van der Waals surface area contributed by atoms with Crippen LogP contribution in [0.1, 0.15) is 20.8 Å². The summed E-state index contributed by atoms with van der Waals surface area (Å²) in [5, 5.41) is 0. The number of nitrogens with zero attached hydrogens (tertiary/aromatic N) is 3. The second kappa shape index (κ2) is 6.15. The Morgan fingerprint density at radius 2 is 0.815 bits per heavy atom. The molecule has 0 atom stereocenters. The Bertz CT molecular complexity index is 765. The quantitative estimate of drug-likeness (QED) is 0.646. The topological polar surface area (TPSA) is 93.7 Å². The summed E-state index contributed by atoms with van der Waals surface area (Å²) in [5.74, 6) is 0. The van der Waals surface area contributed by atoms with E-state index >= 15 is 0 Å². The molecule has 0 spiro atoms. The van der Waals surface area contributed by atoms with Gasteiger partial charge in [0, 0.05) is 35.9 Å². The zero-order valence-corrected chi connectivity index (χ0v) is 16.2. The van der Waals surface area contributed by atoms with Gasteiger partial charge in [0.15, 0.2) is 0 Å². The van der Waals surface area contributed by atoms with Crippen LogP contribution in [-0.2, 0) is 33.8 Å². The van der Waals surface area contributed by atoms with Crippen LogP contribution in [0, 0.1) is 16.2 Å². The number of rotatable bonds is 6. The fourth-order valence-corrected chi connectivity index (χ4v) is 3.86. The molecule has 0 radical (unpaired) electrons. The first-order valence-corrected chi connectivity index (χ1v) is 9.32. The van der Waals surface area contributed by atoms with Gasteiger partial charge in [0.2, 0.25) is 0 Å². The lowest BCUT2D eigenvalue weighted by molar-refractivity contribution is -0.118. The normalized spacial score (nSPS) is 24.6. The second-order valence-electron chi connectivity index (χ2n) is 9.52. The molecule has 3 aliphatic rings. The monoisotopic (exact) mass is 381 g/mol. The molecule has 0 amide bonds. The van der Waals surface area contributed by atoms with Crippen molar-refractivity contribution in [2.24, 2.45) is 16.2 Å². The Morgan fingerprint density at radius 3 is 0.963 bits per heavy atom. The molecular weight excluding hydrogens is 354 g/mol. The minimum Gasteiger partial charge on any atom is -0.380 e. The summed E-state index contributed by atoms with van der Waals surface area (Å²) in [6, 6.07) is 0. The maximum Gasteiger partial charge on any atom is 0.336 e. The summed E-state index contributed by atoms with van der Waals surface area (Å²) in [4.78, 5) is 39.2. The summed E-state index contributed by atoms with van der Waals surface area (Å²) in [6.07, 6.45) is 0. The third kappa shape index (κ3) is 3.21. The highest BCUT2D eigenvalue weighted by molar-refractivity contribution is 4.91. The van der Waals surface area contributed by atoms with Gasteiger partial charge in [-0.15, -0.1) is 0 Å². The van der Waals surface area contributed by atoms with Gasteiger partial charge in [-0.3, -0.25) is 0 Å². The van der Waals surface area contributed by atoms with Crippen molar-refractivity contribution in [3.63, 3.8) is 0 Å². The van der Waals surface area contributed by atoms with Crippen molar-refractivity contribution in [1.29, 1.82) is 0 Å². The molecule has 4 heterocycles. The maximum absolute atomic E-state index is 13.1. The number of hydrogen-bond donors (Lipinski definition) is 0. The van der Waals surface area contributed by atoms with Gasteiger partial charge in [-0.2, -0.15) is 0 Å². The zero-order chi connectivity index (χ0) is 19.4.